The van der Waals surface area contributed by atoms with Crippen LogP contribution in [0.5, 0.6) is 5.75 Å². The lowest BCUT2D eigenvalue weighted by molar-refractivity contribution is -0.385. The second-order valence-corrected chi connectivity index (χ2v) is 7.39. The quantitative estimate of drug-likeness (QED) is 0.289. The minimum atomic E-state index is -1.92. The number of hydrogen-bond acceptors (Lipinski definition) is 8. The van der Waals surface area contributed by atoms with Gasteiger partial charge in [-0.25, -0.2) is 9.78 Å². The fraction of sp³-hybridized carbons (Fsp3) is 0.250. The number of benzene rings is 1. The topological polar surface area (TPSA) is 145 Å². The smallest absolute Gasteiger partial charge is 0.343 e. The molecule has 152 valence electrons. The number of carbonyl (C=O) groups excluding carboxylic acids is 1. The Morgan fingerprint density at radius 2 is 2.07 bits per heavy atom. The van der Waals surface area contributed by atoms with E-state index in [4.69, 9.17) is 4.74 Å². The molecule has 10 nitrogen and oxygen atoms in total. The van der Waals surface area contributed by atoms with Crippen LogP contribution in [0.15, 0.2) is 29.1 Å². The van der Waals surface area contributed by atoms with Gasteiger partial charge < -0.3 is 19.5 Å². The van der Waals surface area contributed by atoms with Gasteiger partial charge in [-0.2, -0.15) is 0 Å². The molecule has 10 heteroatoms. The van der Waals surface area contributed by atoms with Gasteiger partial charge in [0, 0.05) is 28.6 Å². The number of cyclic esters (lactones) is 1. The highest BCUT2D eigenvalue weighted by Gasteiger charge is 2.45. The summed E-state index contributed by atoms with van der Waals surface area (Å²) in [7, 11) is 0. The Morgan fingerprint density at radius 3 is 2.77 bits per heavy atom. The van der Waals surface area contributed by atoms with E-state index < -0.39 is 33.5 Å². The molecule has 0 aliphatic carbocycles. The lowest BCUT2D eigenvalue weighted by atomic mass is 9.86. The Bertz CT molecular complexity index is 1360. The van der Waals surface area contributed by atoms with Crippen molar-refractivity contribution < 1.29 is 24.7 Å². The van der Waals surface area contributed by atoms with E-state index in [0.29, 0.717) is 27.9 Å². The number of esters is 1. The number of fused-ring (bicyclic) bond motifs is 5. The van der Waals surface area contributed by atoms with Crippen LogP contribution in [0.1, 0.15) is 30.0 Å². The number of nitrogens with zero attached hydrogens (tertiary/aromatic N) is 3. The van der Waals surface area contributed by atoms with E-state index in [9.17, 15) is 29.9 Å². The van der Waals surface area contributed by atoms with Crippen LogP contribution >= 0.6 is 0 Å². The third kappa shape index (κ3) is 2.25. The van der Waals surface area contributed by atoms with E-state index >= 15 is 0 Å². The third-order valence-corrected chi connectivity index (χ3v) is 5.80. The Balaban J connectivity index is 1.77. The van der Waals surface area contributed by atoms with Crippen molar-refractivity contribution >= 4 is 22.6 Å². The minimum Gasteiger partial charge on any atom is -0.502 e. The third-order valence-electron chi connectivity index (χ3n) is 5.80. The summed E-state index contributed by atoms with van der Waals surface area (Å²) >= 11 is 0. The SMILES string of the molecule is CC[C@@]1(O)C(=O)OCc2c1cc1n(c2=O)Cc2cc3cc([N+](=O)[O-])c(O)cc3nc2-1. The van der Waals surface area contributed by atoms with Gasteiger partial charge in [-0.3, -0.25) is 14.9 Å². The first-order valence-corrected chi connectivity index (χ1v) is 9.22. The predicted octanol–water partition coefficient (Wildman–Crippen LogP) is 1.69. The number of nitro groups is 1. The number of carbonyl (C=O) groups is 1. The van der Waals surface area contributed by atoms with Gasteiger partial charge in [-0.15, -0.1) is 0 Å². The molecule has 2 aromatic heterocycles. The van der Waals surface area contributed by atoms with Gasteiger partial charge in [-0.05, 0) is 18.6 Å². The lowest BCUT2D eigenvalue weighted by Gasteiger charge is -2.31. The molecule has 1 atom stereocenters. The fourth-order valence-corrected chi connectivity index (χ4v) is 4.15. The van der Waals surface area contributed by atoms with Crippen LogP contribution in [0.25, 0.3) is 22.3 Å². The maximum absolute atomic E-state index is 13.1. The van der Waals surface area contributed by atoms with Crippen molar-refractivity contribution in [2.24, 2.45) is 0 Å². The molecule has 0 saturated carbocycles. The van der Waals surface area contributed by atoms with E-state index in [1.54, 1.807) is 19.1 Å². The second-order valence-electron chi connectivity index (χ2n) is 7.39. The van der Waals surface area contributed by atoms with Gasteiger partial charge in [0.05, 0.1) is 33.9 Å². The molecule has 2 aliphatic heterocycles. The molecular weight excluding hydrogens is 394 g/mol. The van der Waals surface area contributed by atoms with Crippen LogP contribution < -0.4 is 5.56 Å². The van der Waals surface area contributed by atoms with Gasteiger partial charge in [0.2, 0.25) is 0 Å². The summed E-state index contributed by atoms with van der Waals surface area (Å²) in [6.07, 6.45) is 0.0390. The second kappa shape index (κ2) is 5.86. The number of phenolic OH excluding ortho intramolecular Hbond substituents is 1. The molecule has 30 heavy (non-hydrogen) atoms. The zero-order chi connectivity index (χ0) is 21.4. The number of hydrogen-bond donors (Lipinski definition) is 2. The number of aromatic hydroxyl groups is 1. The summed E-state index contributed by atoms with van der Waals surface area (Å²) < 4.78 is 6.50. The highest BCUT2D eigenvalue weighted by Crippen LogP contribution is 2.39. The molecule has 3 aromatic rings. The molecule has 0 radical (unpaired) electrons. The Morgan fingerprint density at radius 1 is 1.30 bits per heavy atom. The number of aliphatic hydroxyl groups is 1. The standard InChI is InChI=1S/C20H15N3O7/c1-2-20(27)12-5-15-17-10(7-22(15)18(25)11(12)8-30-19(20)26)3-9-4-14(23(28)29)16(24)6-13(9)21-17/h3-6,24,27H,2,7-8H2,1H3/t20-/m0/s1. The summed E-state index contributed by atoms with van der Waals surface area (Å²) in [5.74, 6) is -1.31. The number of phenols is 1. The number of pyridine rings is 2. The van der Waals surface area contributed by atoms with Gasteiger partial charge in [0.25, 0.3) is 5.56 Å². The van der Waals surface area contributed by atoms with Gasteiger partial charge in [0.15, 0.2) is 11.4 Å². The first-order chi connectivity index (χ1) is 14.2. The summed E-state index contributed by atoms with van der Waals surface area (Å²) in [5.41, 5.74) is -0.459. The van der Waals surface area contributed by atoms with Gasteiger partial charge in [0.1, 0.15) is 6.61 Å². The van der Waals surface area contributed by atoms with Crippen molar-refractivity contribution in [3.8, 4) is 17.1 Å². The van der Waals surface area contributed by atoms with E-state index in [0.717, 1.165) is 0 Å². The number of aromatic nitrogens is 2. The van der Waals surface area contributed by atoms with Crippen LogP contribution in [-0.2, 0) is 28.3 Å². The summed E-state index contributed by atoms with van der Waals surface area (Å²) in [5, 5.41) is 32.3. The van der Waals surface area contributed by atoms with Crippen LogP contribution in [0.3, 0.4) is 0 Å². The first kappa shape index (κ1) is 18.3. The van der Waals surface area contributed by atoms with E-state index in [2.05, 4.69) is 4.98 Å². The van der Waals surface area contributed by atoms with E-state index in [1.165, 1.54) is 16.7 Å². The molecule has 0 saturated heterocycles. The Labute approximate surface area is 168 Å². The van der Waals surface area contributed by atoms with Crippen LogP contribution in [0.2, 0.25) is 0 Å². The van der Waals surface area contributed by atoms with Crippen LogP contribution in [0, 0.1) is 10.1 Å². The molecule has 0 unspecified atom stereocenters. The average Bonchev–Trinajstić information content (AvgIpc) is 3.07. The normalized spacial score (nSPS) is 19.2. The summed E-state index contributed by atoms with van der Waals surface area (Å²) in [6, 6.07) is 5.70. The molecule has 4 heterocycles. The Hall–Kier alpha value is -3.79. The number of nitro benzene ring substituents is 1. The molecule has 2 aliphatic rings. The van der Waals surface area contributed by atoms with Gasteiger partial charge in [-0.1, -0.05) is 6.92 Å². The molecule has 1 aromatic carbocycles. The maximum Gasteiger partial charge on any atom is 0.343 e. The molecular formula is C20H15N3O7. The number of ether oxygens (including phenoxy) is 1. The largest absolute Gasteiger partial charge is 0.502 e. The zero-order valence-corrected chi connectivity index (χ0v) is 15.7. The van der Waals surface area contributed by atoms with Crippen molar-refractivity contribution in [3.05, 3.63) is 61.4 Å². The molecule has 5 rings (SSSR count). The van der Waals surface area contributed by atoms with Gasteiger partial charge >= 0.3 is 11.7 Å². The highest BCUT2D eigenvalue weighted by atomic mass is 16.6. The summed E-state index contributed by atoms with van der Waals surface area (Å²) in [4.78, 5) is 40.2. The predicted molar refractivity (Wildman–Crippen MR) is 103 cm³/mol. The molecule has 2 N–H and O–H groups in total. The fourth-order valence-electron chi connectivity index (χ4n) is 4.15. The highest BCUT2D eigenvalue weighted by molar-refractivity contribution is 5.88. The first-order valence-electron chi connectivity index (χ1n) is 9.22. The Kier molecular flexibility index (Phi) is 3.57. The van der Waals surface area contributed by atoms with Crippen molar-refractivity contribution in [1.82, 2.24) is 9.55 Å². The van der Waals surface area contributed by atoms with Crippen molar-refractivity contribution in [2.45, 2.75) is 32.1 Å². The van der Waals surface area contributed by atoms with Crippen molar-refractivity contribution in [2.75, 3.05) is 0 Å². The average molecular weight is 409 g/mol. The molecule has 0 spiro atoms. The van der Waals surface area contributed by atoms with Crippen molar-refractivity contribution in [1.29, 1.82) is 0 Å². The zero-order valence-electron chi connectivity index (χ0n) is 15.7. The van der Waals surface area contributed by atoms with Crippen LogP contribution in [-0.4, -0.2) is 30.7 Å². The van der Waals surface area contributed by atoms with E-state index in [-0.39, 0.29) is 30.7 Å². The van der Waals surface area contributed by atoms with Crippen LogP contribution in [0.4, 0.5) is 5.69 Å². The minimum absolute atomic E-state index is 0.0390. The monoisotopic (exact) mass is 409 g/mol. The maximum atomic E-state index is 13.1. The van der Waals surface area contributed by atoms with Crippen molar-refractivity contribution in [3.63, 3.8) is 0 Å². The van der Waals surface area contributed by atoms with E-state index in [1.807, 2.05) is 0 Å². The summed E-state index contributed by atoms with van der Waals surface area (Å²) in [6.45, 7) is 1.59. The number of rotatable bonds is 2. The molecule has 0 fully saturated rings. The molecule has 0 bridgehead atoms. The lowest BCUT2D eigenvalue weighted by Crippen LogP contribution is -2.44. The molecule has 0 amide bonds.